The van der Waals surface area contributed by atoms with E-state index in [1.165, 1.54) is 0 Å². The maximum atomic E-state index is 13.4. The molecule has 1 atom stereocenters. The highest BCUT2D eigenvalue weighted by Gasteiger charge is 2.22. The van der Waals surface area contributed by atoms with Crippen molar-refractivity contribution < 1.29 is 23.9 Å². The second kappa shape index (κ2) is 14.5. The molecule has 10 nitrogen and oxygen atoms in total. The molecule has 218 valence electrons. The normalized spacial score (nSPS) is 17.6. The van der Waals surface area contributed by atoms with Crippen molar-refractivity contribution in [2.45, 2.75) is 36.7 Å². The molecule has 0 radical (unpaired) electrons. The zero-order valence-corrected chi connectivity index (χ0v) is 24.4. The van der Waals surface area contributed by atoms with Gasteiger partial charge in [-0.15, -0.1) is 0 Å². The molecule has 0 aliphatic carbocycles. The van der Waals surface area contributed by atoms with Crippen LogP contribution in [0.15, 0.2) is 53.6 Å². The third kappa shape index (κ3) is 7.67. The van der Waals surface area contributed by atoms with Crippen molar-refractivity contribution in [3.63, 3.8) is 0 Å². The van der Waals surface area contributed by atoms with E-state index in [-0.39, 0.29) is 11.6 Å². The van der Waals surface area contributed by atoms with Gasteiger partial charge in [0, 0.05) is 50.7 Å². The Morgan fingerprint density at radius 2 is 1.90 bits per heavy atom. The molecule has 2 fully saturated rings. The van der Waals surface area contributed by atoms with E-state index in [1.54, 1.807) is 13.3 Å². The zero-order valence-electron chi connectivity index (χ0n) is 23.5. The summed E-state index contributed by atoms with van der Waals surface area (Å²) in [6.45, 7) is 4.80. The average Bonchev–Trinajstić information content (AvgIpc) is 3.22. The number of likely N-dealkylation sites (N-methyl/N-ethyl adjacent to an activating group) is 1. The fourth-order valence-electron chi connectivity index (χ4n) is 4.97. The van der Waals surface area contributed by atoms with Gasteiger partial charge in [0.25, 0.3) is 0 Å². The Morgan fingerprint density at radius 3 is 2.68 bits per heavy atom. The van der Waals surface area contributed by atoms with Crippen LogP contribution in [0, 0.1) is 11.3 Å². The van der Waals surface area contributed by atoms with E-state index in [4.69, 9.17) is 19.2 Å². The third-order valence-electron chi connectivity index (χ3n) is 7.25. The van der Waals surface area contributed by atoms with Crippen LogP contribution in [0.3, 0.4) is 0 Å². The molecule has 11 heteroatoms. The van der Waals surface area contributed by atoms with Gasteiger partial charge < -0.3 is 24.6 Å². The molecule has 2 saturated heterocycles. The van der Waals surface area contributed by atoms with Gasteiger partial charge in [0.15, 0.2) is 0 Å². The predicted octanol–water partition coefficient (Wildman–Crippen LogP) is 3.01. The molecule has 0 spiro atoms. The van der Waals surface area contributed by atoms with Gasteiger partial charge in [-0.25, -0.2) is 18.5 Å². The van der Waals surface area contributed by atoms with Crippen molar-refractivity contribution >= 4 is 11.0 Å². The standard InChI is InChI=1S/C30H35N5O4S.H2O/c1-34-12-3-13-35(15-14-34)40(36)29-7-4-22(18-28(29)37-2)19-30-32-11-8-26(33-30)23-5-6-27(24(20-23)21-31)39-25-9-16-38-17-10-25;/h4-8,11,18,20,25H,3,9-10,12-17,19H2,1-2H3;1H2. The first-order valence-electron chi connectivity index (χ1n) is 13.7. The van der Waals surface area contributed by atoms with Crippen molar-refractivity contribution in [3.05, 3.63) is 65.6 Å². The van der Waals surface area contributed by atoms with Gasteiger partial charge in [-0.3, -0.25) is 0 Å². The summed E-state index contributed by atoms with van der Waals surface area (Å²) in [4.78, 5) is 12.2. The Bertz CT molecular complexity index is 1390. The van der Waals surface area contributed by atoms with Gasteiger partial charge in [0.2, 0.25) is 0 Å². The summed E-state index contributed by atoms with van der Waals surface area (Å²) in [7, 11) is 2.41. The zero-order chi connectivity index (χ0) is 27.9. The van der Waals surface area contributed by atoms with E-state index in [1.807, 2.05) is 46.8 Å². The molecule has 2 aromatic carbocycles. The van der Waals surface area contributed by atoms with Crippen molar-refractivity contribution in [2.75, 3.05) is 53.6 Å². The summed E-state index contributed by atoms with van der Waals surface area (Å²) in [5, 5.41) is 9.76. The minimum absolute atomic E-state index is 0. The van der Waals surface area contributed by atoms with Crippen molar-refractivity contribution in [2.24, 2.45) is 0 Å². The first-order valence-corrected chi connectivity index (χ1v) is 14.8. The highest BCUT2D eigenvalue weighted by atomic mass is 32.2. The molecule has 0 amide bonds. The number of nitriles is 1. The maximum Gasteiger partial charge on any atom is 0.137 e. The van der Waals surface area contributed by atoms with Crippen molar-refractivity contribution in [1.82, 2.24) is 19.2 Å². The van der Waals surface area contributed by atoms with Crippen LogP contribution in [0.4, 0.5) is 0 Å². The van der Waals surface area contributed by atoms with Crippen LogP contribution in [-0.4, -0.2) is 88.5 Å². The molecule has 0 saturated carbocycles. The van der Waals surface area contributed by atoms with Crippen LogP contribution in [0.2, 0.25) is 0 Å². The number of nitrogens with zero attached hydrogens (tertiary/aromatic N) is 5. The number of aromatic nitrogens is 2. The number of rotatable bonds is 8. The SMILES string of the molecule is COc1cc(Cc2nccc(-c3ccc(OC4CCOCC4)c(C#N)c3)n2)ccc1S(=O)N1CCCN(C)CC1.O. The fourth-order valence-corrected chi connectivity index (χ4v) is 6.29. The molecule has 3 heterocycles. The number of benzene rings is 2. The van der Waals surface area contributed by atoms with E-state index in [0.717, 1.165) is 62.3 Å². The first kappa shape index (κ1) is 30.6. The molecule has 2 aliphatic rings. The Morgan fingerprint density at radius 1 is 1.07 bits per heavy atom. The Balaban J connectivity index is 0.00000387. The summed E-state index contributed by atoms with van der Waals surface area (Å²) in [5.74, 6) is 1.83. The third-order valence-corrected chi connectivity index (χ3v) is 8.80. The summed E-state index contributed by atoms with van der Waals surface area (Å²) in [6, 6.07) is 15.5. The van der Waals surface area contributed by atoms with Crippen LogP contribution >= 0.6 is 0 Å². The monoisotopic (exact) mass is 579 g/mol. The number of ether oxygens (including phenoxy) is 3. The summed E-state index contributed by atoms with van der Waals surface area (Å²) >= 11 is 0. The lowest BCUT2D eigenvalue weighted by atomic mass is 10.1. The van der Waals surface area contributed by atoms with E-state index < -0.39 is 11.0 Å². The lowest BCUT2D eigenvalue weighted by Crippen LogP contribution is -2.30. The molecule has 41 heavy (non-hydrogen) atoms. The smallest absolute Gasteiger partial charge is 0.137 e. The molecule has 3 aromatic rings. The lowest BCUT2D eigenvalue weighted by molar-refractivity contribution is 0.0254. The first-order chi connectivity index (χ1) is 19.5. The van der Waals surface area contributed by atoms with Gasteiger partial charge in [0.05, 0.1) is 36.5 Å². The van der Waals surface area contributed by atoms with Crippen LogP contribution in [0.5, 0.6) is 11.5 Å². The molecular weight excluding hydrogens is 542 g/mol. The Labute approximate surface area is 243 Å². The Hall–Kier alpha value is -3.40. The quantitative estimate of drug-likeness (QED) is 0.398. The largest absolute Gasteiger partial charge is 0.495 e. The molecule has 2 aliphatic heterocycles. The van der Waals surface area contributed by atoms with Crippen LogP contribution in [-0.2, 0) is 22.1 Å². The summed E-state index contributed by atoms with van der Waals surface area (Å²) in [5.41, 5.74) is 3.00. The average molecular weight is 580 g/mol. The lowest BCUT2D eigenvalue weighted by Gasteiger charge is -2.23. The Kier molecular flexibility index (Phi) is 10.8. The van der Waals surface area contributed by atoms with Gasteiger partial charge in [-0.05, 0) is 62.0 Å². The molecule has 5 rings (SSSR count). The van der Waals surface area contributed by atoms with Crippen LogP contribution < -0.4 is 9.47 Å². The highest BCUT2D eigenvalue weighted by Crippen LogP contribution is 2.29. The molecule has 0 bridgehead atoms. The van der Waals surface area contributed by atoms with Crippen LogP contribution in [0.1, 0.15) is 36.2 Å². The van der Waals surface area contributed by atoms with Gasteiger partial charge in [-0.1, -0.05) is 6.07 Å². The van der Waals surface area contributed by atoms with E-state index in [9.17, 15) is 9.47 Å². The summed E-state index contributed by atoms with van der Waals surface area (Å²) < 4.78 is 32.5. The minimum Gasteiger partial charge on any atom is -0.495 e. The van der Waals surface area contributed by atoms with Crippen molar-refractivity contribution in [1.29, 1.82) is 5.26 Å². The topological polar surface area (TPSA) is 132 Å². The highest BCUT2D eigenvalue weighted by molar-refractivity contribution is 7.82. The van der Waals surface area contributed by atoms with Gasteiger partial charge in [-0.2, -0.15) is 5.26 Å². The van der Waals surface area contributed by atoms with E-state index >= 15 is 0 Å². The number of hydrogen-bond acceptors (Lipinski definition) is 8. The van der Waals surface area contributed by atoms with Gasteiger partial charge >= 0.3 is 0 Å². The molecular formula is C30H37N5O5S. The van der Waals surface area contributed by atoms with Crippen LogP contribution in [0.25, 0.3) is 11.3 Å². The van der Waals surface area contributed by atoms with E-state index in [2.05, 4.69) is 23.0 Å². The second-order valence-corrected chi connectivity index (χ2v) is 11.6. The number of methoxy groups -OCH3 is 1. The van der Waals surface area contributed by atoms with E-state index in [0.29, 0.717) is 47.4 Å². The fraction of sp³-hybridized carbons (Fsp3) is 0.433. The minimum atomic E-state index is -1.29. The molecule has 2 N–H and O–H groups in total. The molecule has 1 aromatic heterocycles. The molecule has 1 unspecified atom stereocenters. The maximum absolute atomic E-state index is 13.4. The van der Waals surface area contributed by atoms with Gasteiger partial charge in [0.1, 0.15) is 40.5 Å². The second-order valence-electron chi connectivity index (χ2n) is 10.1. The van der Waals surface area contributed by atoms with Crippen molar-refractivity contribution in [3.8, 4) is 28.8 Å². The summed E-state index contributed by atoms with van der Waals surface area (Å²) in [6.07, 6.45) is 4.90. The predicted molar refractivity (Wildman–Crippen MR) is 156 cm³/mol. The number of hydrogen-bond donors (Lipinski definition) is 0.